The van der Waals surface area contributed by atoms with E-state index < -0.39 is 0 Å². The van der Waals surface area contributed by atoms with Gasteiger partial charge in [0, 0.05) is 25.4 Å². The summed E-state index contributed by atoms with van der Waals surface area (Å²) in [6.45, 7) is 1.96. The molecule has 1 aliphatic heterocycles. The number of anilines is 2. The van der Waals surface area contributed by atoms with Crippen LogP contribution in [0.4, 0.5) is 11.5 Å². The van der Waals surface area contributed by atoms with Crippen LogP contribution in [0.1, 0.15) is 10.5 Å². The average molecular weight is 330 g/mol. The Morgan fingerprint density at radius 2 is 2.00 bits per heavy atom. The minimum absolute atomic E-state index is 0.249. The van der Waals surface area contributed by atoms with Crippen LogP contribution < -0.4 is 20.1 Å². The lowest BCUT2D eigenvalue weighted by Crippen LogP contribution is -2.27. The normalized spacial score (nSPS) is 12.5. The molecule has 0 spiro atoms. The first-order chi connectivity index (χ1) is 11.8. The van der Waals surface area contributed by atoms with E-state index in [0.29, 0.717) is 37.9 Å². The SMILES string of the molecule is COCCNC(=O)c1ccc(Nc2ccc3c(c2)OCCO3)nn1. The molecular formula is C16H18N4O4. The van der Waals surface area contributed by atoms with Crippen molar-refractivity contribution in [1.82, 2.24) is 15.5 Å². The fourth-order valence-electron chi connectivity index (χ4n) is 2.15. The van der Waals surface area contributed by atoms with E-state index in [1.54, 1.807) is 19.2 Å². The number of benzene rings is 1. The van der Waals surface area contributed by atoms with Crippen LogP contribution in [0.25, 0.3) is 0 Å². The van der Waals surface area contributed by atoms with E-state index >= 15 is 0 Å². The summed E-state index contributed by atoms with van der Waals surface area (Å²) in [6.07, 6.45) is 0. The lowest BCUT2D eigenvalue weighted by atomic mass is 10.2. The van der Waals surface area contributed by atoms with Crippen molar-refractivity contribution in [3.63, 3.8) is 0 Å². The predicted octanol–water partition coefficient (Wildman–Crippen LogP) is 1.37. The Bertz CT molecular complexity index is 706. The number of carbonyl (C=O) groups is 1. The summed E-state index contributed by atoms with van der Waals surface area (Å²) in [5.74, 6) is 1.65. The smallest absolute Gasteiger partial charge is 0.271 e. The van der Waals surface area contributed by atoms with Crippen molar-refractivity contribution < 1.29 is 19.0 Å². The second-order valence-corrected chi connectivity index (χ2v) is 5.04. The first-order valence-corrected chi connectivity index (χ1v) is 7.54. The Hall–Kier alpha value is -2.87. The third kappa shape index (κ3) is 3.90. The molecule has 24 heavy (non-hydrogen) atoms. The van der Waals surface area contributed by atoms with E-state index in [-0.39, 0.29) is 11.6 Å². The van der Waals surface area contributed by atoms with Crippen molar-refractivity contribution in [1.29, 1.82) is 0 Å². The van der Waals surface area contributed by atoms with Crippen LogP contribution in [0.2, 0.25) is 0 Å². The number of nitrogens with one attached hydrogen (secondary N) is 2. The third-order valence-corrected chi connectivity index (χ3v) is 3.30. The van der Waals surface area contributed by atoms with Gasteiger partial charge in [-0.1, -0.05) is 0 Å². The van der Waals surface area contributed by atoms with Gasteiger partial charge in [0.05, 0.1) is 6.61 Å². The molecule has 8 heteroatoms. The Labute approximate surface area is 139 Å². The lowest BCUT2D eigenvalue weighted by molar-refractivity contribution is 0.0931. The van der Waals surface area contributed by atoms with Crippen LogP contribution >= 0.6 is 0 Å². The van der Waals surface area contributed by atoms with Crippen molar-refractivity contribution in [2.45, 2.75) is 0 Å². The predicted molar refractivity (Wildman–Crippen MR) is 87.0 cm³/mol. The van der Waals surface area contributed by atoms with E-state index in [9.17, 15) is 4.79 Å². The molecule has 1 amide bonds. The number of fused-ring (bicyclic) bond motifs is 1. The summed E-state index contributed by atoms with van der Waals surface area (Å²) in [5, 5.41) is 13.7. The topological polar surface area (TPSA) is 94.6 Å². The van der Waals surface area contributed by atoms with Crippen LogP contribution in [0.15, 0.2) is 30.3 Å². The number of amides is 1. The maximum absolute atomic E-state index is 11.8. The van der Waals surface area contributed by atoms with Crippen LogP contribution in [0, 0.1) is 0 Å². The molecule has 8 nitrogen and oxygen atoms in total. The van der Waals surface area contributed by atoms with Crippen molar-refractivity contribution >= 4 is 17.4 Å². The molecule has 1 aromatic heterocycles. The zero-order chi connectivity index (χ0) is 16.8. The molecular weight excluding hydrogens is 312 g/mol. The molecule has 0 saturated carbocycles. The molecule has 2 aromatic rings. The van der Waals surface area contributed by atoms with E-state index in [1.807, 2.05) is 18.2 Å². The van der Waals surface area contributed by atoms with Crippen molar-refractivity contribution in [2.75, 3.05) is 38.8 Å². The molecule has 0 atom stereocenters. The molecule has 1 aromatic carbocycles. The number of rotatable bonds is 6. The van der Waals surface area contributed by atoms with Gasteiger partial charge in [0.1, 0.15) is 13.2 Å². The zero-order valence-electron chi connectivity index (χ0n) is 13.2. The van der Waals surface area contributed by atoms with Gasteiger partial charge >= 0.3 is 0 Å². The van der Waals surface area contributed by atoms with Crippen molar-refractivity contribution in [2.24, 2.45) is 0 Å². The highest BCUT2D eigenvalue weighted by Crippen LogP contribution is 2.33. The van der Waals surface area contributed by atoms with Crippen molar-refractivity contribution in [3.05, 3.63) is 36.0 Å². The molecule has 0 unspecified atom stereocenters. The number of methoxy groups -OCH3 is 1. The highest BCUT2D eigenvalue weighted by atomic mass is 16.6. The number of carbonyl (C=O) groups excluding carboxylic acids is 1. The van der Waals surface area contributed by atoms with E-state index in [2.05, 4.69) is 20.8 Å². The minimum atomic E-state index is -0.287. The van der Waals surface area contributed by atoms with E-state index in [4.69, 9.17) is 14.2 Å². The molecule has 1 aliphatic rings. The summed E-state index contributed by atoms with van der Waals surface area (Å²) in [5.41, 5.74) is 1.05. The highest BCUT2D eigenvalue weighted by Gasteiger charge is 2.12. The summed E-state index contributed by atoms with van der Waals surface area (Å²) in [4.78, 5) is 11.8. The number of aromatic nitrogens is 2. The highest BCUT2D eigenvalue weighted by molar-refractivity contribution is 5.92. The van der Waals surface area contributed by atoms with Crippen LogP contribution in [-0.4, -0.2) is 49.6 Å². The van der Waals surface area contributed by atoms with Gasteiger partial charge in [0.2, 0.25) is 0 Å². The van der Waals surface area contributed by atoms with Crippen LogP contribution in [0.5, 0.6) is 11.5 Å². The van der Waals surface area contributed by atoms with Gasteiger partial charge in [-0.3, -0.25) is 4.79 Å². The summed E-state index contributed by atoms with van der Waals surface area (Å²) in [6, 6.07) is 8.83. The number of ether oxygens (including phenoxy) is 3. The first-order valence-electron chi connectivity index (χ1n) is 7.54. The monoisotopic (exact) mass is 330 g/mol. The third-order valence-electron chi connectivity index (χ3n) is 3.30. The van der Waals surface area contributed by atoms with E-state index in [1.165, 1.54) is 0 Å². The maximum atomic E-state index is 11.8. The summed E-state index contributed by atoms with van der Waals surface area (Å²) >= 11 is 0. The average Bonchev–Trinajstić information content (AvgIpc) is 2.62. The van der Waals surface area contributed by atoms with Crippen molar-refractivity contribution in [3.8, 4) is 11.5 Å². The maximum Gasteiger partial charge on any atom is 0.271 e. The Morgan fingerprint density at radius 1 is 1.17 bits per heavy atom. The number of nitrogens with zero attached hydrogens (tertiary/aromatic N) is 2. The van der Waals surface area contributed by atoms with Gasteiger partial charge in [0.15, 0.2) is 23.0 Å². The second-order valence-electron chi connectivity index (χ2n) is 5.04. The molecule has 2 N–H and O–H groups in total. The Balaban J connectivity index is 1.63. The molecule has 0 aliphatic carbocycles. The van der Waals surface area contributed by atoms with Gasteiger partial charge in [-0.2, -0.15) is 0 Å². The number of hydrogen-bond donors (Lipinski definition) is 2. The van der Waals surface area contributed by atoms with E-state index in [0.717, 1.165) is 11.4 Å². The standard InChI is InChI=1S/C16H18N4O4/c1-22-7-6-17-16(21)12-3-5-15(20-19-12)18-11-2-4-13-14(10-11)24-9-8-23-13/h2-5,10H,6-9H2,1H3,(H,17,21)(H,18,20). The molecule has 0 saturated heterocycles. The molecule has 3 rings (SSSR count). The fraction of sp³-hybridized carbons (Fsp3) is 0.312. The second kappa shape index (κ2) is 7.60. The van der Waals surface area contributed by atoms with Gasteiger partial charge in [-0.15, -0.1) is 10.2 Å². The minimum Gasteiger partial charge on any atom is -0.486 e. The van der Waals surface area contributed by atoms with Gasteiger partial charge in [0.25, 0.3) is 5.91 Å². The van der Waals surface area contributed by atoms with Crippen LogP contribution in [0.3, 0.4) is 0 Å². The lowest BCUT2D eigenvalue weighted by Gasteiger charge is -2.19. The van der Waals surface area contributed by atoms with Gasteiger partial charge < -0.3 is 24.8 Å². The molecule has 2 heterocycles. The summed E-state index contributed by atoms with van der Waals surface area (Å²) < 4.78 is 15.9. The molecule has 0 radical (unpaired) electrons. The molecule has 0 fully saturated rings. The molecule has 126 valence electrons. The number of hydrogen-bond acceptors (Lipinski definition) is 7. The fourth-order valence-corrected chi connectivity index (χ4v) is 2.15. The first kappa shape index (κ1) is 16.0. The quantitative estimate of drug-likeness (QED) is 0.772. The molecule has 0 bridgehead atoms. The largest absolute Gasteiger partial charge is 0.486 e. The van der Waals surface area contributed by atoms with Crippen LogP contribution in [-0.2, 0) is 4.74 Å². The van der Waals surface area contributed by atoms with Gasteiger partial charge in [-0.25, -0.2) is 0 Å². The summed E-state index contributed by atoms with van der Waals surface area (Å²) in [7, 11) is 1.57. The zero-order valence-corrected chi connectivity index (χ0v) is 13.2. The Morgan fingerprint density at radius 3 is 2.75 bits per heavy atom. The Kier molecular flexibility index (Phi) is 5.07. The van der Waals surface area contributed by atoms with Gasteiger partial charge in [-0.05, 0) is 24.3 Å².